The van der Waals surface area contributed by atoms with Gasteiger partial charge in [0.1, 0.15) is 0 Å². The van der Waals surface area contributed by atoms with Crippen LogP contribution in [0.4, 0.5) is 0 Å². The van der Waals surface area contributed by atoms with E-state index in [0.717, 1.165) is 25.7 Å². The molecule has 1 rings (SSSR count). The molecular formula is C14H26N2O3. The second-order valence-electron chi connectivity index (χ2n) is 5.31. The highest BCUT2D eigenvalue weighted by atomic mass is 16.3. The first-order chi connectivity index (χ1) is 9.08. The Bertz CT molecular complexity index is 299. The van der Waals surface area contributed by atoms with E-state index in [1.54, 1.807) is 11.8 Å². The molecule has 1 aliphatic heterocycles. The number of hydrogen-bond acceptors (Lipinski definition) is 3. The highest BCUT2D eigenvalue weighted by Crippen LogP contribution is 2.17. The first-order valence-corrected chi connectivity index (χ1v) is 7.22. The number of carbonyl (C=O) groups is 2. The maximum absolute atomic E-state index is 12.0. The Morgan fingerprint density at radius 3 is 2.47 bits per heavy atom. The smallest absolute Gasteiger partial charge is 0.223 e. The van der Waals surface area contributed by atoms with Gasteiger partial charge in [-0.05, 0) is 25.2 Å². The van der Waals surface area contributed by atoms with Crippen molar-refractivity contribution in [3.8, 4) is 0 Å². The number of nitrogens with zero attached hydrogens (tertiary/aromatic N) is 1. The predicted molar refractivity (Wildman–Crippen MR) is 73.5 cm³/mol. The normalized spacial score (nSPS) is 18.2. The first-order valence-electron chi connectivity index (χ1n) is 7.22. The Kier molecular flexibility index (Phi) is 6.84. The molecule has 1 atom stereocenters. The number of likely N-dealkylation sites (tertiary alicyclic amines) is 1. The summed E-state index contributed by atoms with van der Waals surface area (Å²) in [7, 11) is 0. The Labute approximate surface area is 115 Å². The van der Waals surface area contributed by atoms with E-state index in [9.17, 15) is 9.59 Å². The van der Waals surface area contributed by atoms with Gasteiger partial charge in [0.15, 0.2) is 0 Å². The summed E-state index contributed by atoms with van der Waals surface area (Å²) in [6.07, 6.45) is 3.20. The van der Waals surface area contributed by atoms with Crippen LogP contribution in [0.15, 0.2) is 0 Å². The van der Waals surface area contributed by atoms with Crippen LogP contribution >= 0.6 is 0 Å². The van der Waals surface area contributed by atoms with Gasteiger partial charge in [0.25, 0.3) is 0 Å². The van der Waals surface area contributed by atoms with Crippen LogP contribution in [0.1, 0.15) is 39.5 Å². The number of rotatable bonds is 6. The molecule has 0 saturated carbocycles. The number of piperidine rings is 1. The van der Waals surface area contributed by atoms with Gasteiger partial charge in [-0.1, -0.05) is 13.3 Å². The van der Waals surface area contributed by atoms with E-state index in [1.807, 2.05) is 0 Å². The number of amides is 2. The van der Waals surface area contributed by atoms with E-state index in [0.29, 0.717) is 25.6 Å². The van der Waals surface area contributed by atoms with Crippen LogP contribution in [-0.2, 0) is 9.59 Å². The summed E-state index contributed by atoms with van der Waals surface area (Å²) in [6, 6.07) is 0. The van der Waals surface area contributed by atoms with E-state index in [2.05, 4.69) is 12.2 Å². The molecule has 2 amide bonds. The van der Waals surface area contributed by atoms with Gasteiger partial charge in [0, 0.05) is 39.1 Å². The molecule has 0 bridgehead atoms. The van der Waals surface area contributed by atoms with E-state index in [-0.39, 0.29) is 24.3 Å². The minimum Gasteiger partial charge on any atom is -0.396 e. The number of carbonyl (C=O) groups excluding carboxylic acids is 2. The zero-order valence-electron chi connectivity index (χ0n) is 12.0. The van der Waals surface area contributed by atoms with Gasteiger partial charge in [0.05, 0.1) is 0 Å². The lowest BCUT2D eigenvalue weighted by Crippen LogP contribution is -2.43. The summed E-state index contributed by atoms with van der Waals surface area (Å²) in [5, 5.41) is 11.9. The molecule has 19 heavy (non-hydrogen) atoms. The lowest BCUT2D eigenvalue weighted by molar-refractivity contribution is -0.134. The highest BCUT2D eigenvalue weighted by molar-refractivity contribution is 5.79. The van der Waals surface area contributed by atoms with Crippen LogP contribution in [0.3, 0.4) is 0 Å². The van der Waals surface area contributed by atoms with Gasteiger partial charge in [-0.25, -0.2) is 0 Å². The fourth-order valence-electron chi connectivity index (χ4n) is 2.48. The molecule has 5 heteroatoms. The lowest BCUT2D eigenvalue weighted by atomic mass is 9.95. The first kappa shape index (κ1) is 16.0. The average molecular weight is 270 g/mol. The molecule has 0 aromatic rings. The molecule has 1 heterocycles. The summed E-state index contributed by atoms with van der Waals surface area (Å²) in [5.74, 6) is 0.570. The van der Waals surface area contributed by atoms with Crippen LogP contribution < -0.4 is 5.32 Å². The summed E-state index contributed by atoms with van der Waals surface area (Å²) >= 11 is 0. The van der Waals surface area contributed by atoms with Crippen LogP contribution in [0.25, 0.3) is 0 Å². The zero-order chi connectivity index (χ0) is 14.3. The highest BCUT2D eigenvalue weighted by Gasteiger charge is 2.26. The molecule has 1 saturated heterocycles. The van der Waals surface area contributed by atoms with Gasteiger partial charge < -0.3 is 15.3 Å². The van der Waals surface area contributed by atoms with E-state index in [1.165, 1.54) is 0 Å². The molecule has 1 fully saturated rings. The van der Waals surface area contributed by atoms with Crippen LogP contribution in [0, 0.1) is 11.8 Å². The van der Waals surface area contributed by atoms with Crippen molar-refractivity contribution in [1.29, 1.82) is 0 Å². The maximum atomic E-state index is 12.0. The molecule has 2 N–H and O–H groups in total. The molecule has 1 unspecified atom stereocenters. The minimum absolute atomic E-state index is 0.0298. The third kappa shape index (κ3) is 5.19. The minimum atomic E-state index is 0.0298. The Morgan fingerprint density at radius 2 is 2.00 bits per heavy atom. The van der Waals surface area contributed by atoms with Crippen molar-refractivity contribution in [1.82, 2.24) is 10.2 Å². The molecule has 0 aromatic heterocycles. The van der Waals surface area contributed by atoms with Crippen molar-refractivity contribution in [2.75, 3.05) is 26.2 Å². The topological polar surface area (TPSA) is 69.6 Å². The SMILES string of the molecule is CCC(CCO)CNC(=O)C1CCN(C(C)=O)CC1. The summed E-state index contributed by atoms with van der Waals surface area (Å²) in [6.45, 7) is 5.82. The zero-order valence-corrected chi connectivity index (χ0v) is 12.0. The number of hydrogen-bond donors (Lipinski definition) is 2. The molecule has 110 valence electrons. The second kappa shape index (κ2) is 8.15. The van der Waals surface area contributed by atoms with Crippen LogP contribution in [0.5, 0.6) is 0 Å². The molecule has 0 spiro atoms. The number of aliphatic hydroxyl groups is 1. The van der Waals surface area contributed by atoms with Crippen molar-refractivity contribution in [2.45, 2.75) is 39.5 Å². The standard InChI is InChI=1S/C14H26N2O3/c1-3-12(6-9-17)10-15-14(19)13-4-7-16(8-5-13)11(2)18/h12-13,17H,3-10H2,1-2H3,(H,15,19). The lowest BCUT2D eigenvalue weighted by Gasteiger charge is -2.30. The van der Waals surface area contributed by atoms with Crippen molar-refractivity contribution in [3.05, 3.63) is 0 Å². The number of nitrogens with one attached hydrogen (secondary N) is 1. The summed E-state index contributed by atoms with van der Waals surface area (Å²) in [4.78, 5) is 25.0. The second-order valence-corrected chi connectivity index (χ2v) is 5.31. The molecule has 0 aromatic carbocycles. The van der Waals surface area contributed by atoms with Gasteiger partial charge >= 0.3 is 0 Å². The Hall–Kier alpha value is -1.10. The fraction of sp³-hybridized carbons (Fsp3) is 0.857. The molecular weight excluding hydrogens is 244 g/mol. The Balaban J connectivity index is 2.29. The van der Waals surface area contributed by atoms with E-state index in [4.69, 9.17) is 5.11 Å². The monoisotopic (exact) mass is 270 g/mol. The maximum Gasteiger partial charge on any atom is 0.223 e. The quantitative estimate of drug-likeness (QED) is 0.749. The predicted octanol–water partition coefficient (Wildman–Crippen LogP) is 0.770. The molecule has 1 aliphatic rings. The van der Waals surface area contributed by atoms with E-state index < -0.39 is 0 Å². The number of aliphatic hydroxyl groups excluding tert-OH is 1. The third-order valence-electron chi connectivity index (χ3n) is 3.99. The van der Waals surface area contributed by atoms with Gasteiger partial charge in [-0.2, -0.15) is 0 Å². The van der Waals surface area contributed by atoms with E-state index >= 15 is 0 Å². The Morgan fingerprint density at radius 1 is 1.37 bits per heavy atom. The van der Waals surface area contributed by atoms with Crippen molar-refractivity contribution in [2.24, 2.45) is 11.8 Å². The summed E-state index contributed by atoms with van der Waals surface area (Å²) < 4.78 is 0. The van der Waals surface area contributed by atoms with Gasteiger partial charge in [-0.3, -0.25) is 9.59 Å². The molecule has 0 radical (unpaired) electrons. The average Bonchev–Trinajstić information content (AvgIpc) is 2.43. The third-order valence-corrected chi connectivity index (χ3v) is 3.99. The van der Waals surface area contributed by atoms with Gasteiger partial charge in [0.2, 0.25) is 11.8 Å². The molecule has 5 nitrogen and oxygen atoms in total. The van der Waals surface area contributed by atoms with Crippen LogP contribution in [-0.4, -0.2) is 48.1 Å². The fourth-order valence-corrected chi connectivity index (χ4v) is 2.48. The van der Waals surface area contributed by atoms with Gasteiger partial charge in [-0.15, -0.1) is 0 Å². The molecule has 0 aliphatic carbocycles. The van der Waals surface area contributed by atoms with Crippen molar-refractivity contribution >= 4 is 11.8 Å². The van der Waals surface area contributed by atoms with Crippen molar-refractivity contribution < 1.29 is 14.7 Å². The largest absolute Gasteiger partial charge is 0.396 e. The summed E-state index contributed by atoms with van der Waals surface area (Å²) in [5.41, 5.74) is 0. The van der Waals surface area contributed by atoms with Crippen molar-refractivity contribution in [3.63, 3.8) is 0 Å². The van der Waals surface area contributed by atoms with Crippen LogP contribution in [0.2, 0.25) is 0 Å².